The third kappa shape index (κ3) is 4.42. The van der Waals surface area contributed by atoms with Gasteiger partial charge in [0.05, 0.1) is 10.7 Å². The number of carboxylic acid groups (broad SMARTS) is 1. The smallest absolute Gasteiger partial charge is 0.326 e. The van der Waals surface area contributed by atoms with Crippen molar-refractivity contribution in [1.29, 1.82) is 0 Å². The zero-order valence-corrected chi connectivity index (χ0v) is 11.1. The molecule has 0 saturated heterocycles. The van der Waals surface area contributed by atoms with Crippen LogP contribution in [0, 0.1) is 6.92 Å². The molecule has 6 nitrogen and oxygen atoms in total. The van der Waals surface area contributed by atoms with Gasteiger partial charge in [-0.05, 0) is 18.6 Å². The number of urea groups is 1. The van der Waals surface area contributed by atoms with Gasteiger partial charge in [0.25, 0.3) is 0 Å². The average molecular weight is 287 g/mol. The molecule has 0 aromatic heterocycles. The Morgan fingerprint density at radius 1 is 1.42 bits per heavy atom. The molecule has 0 spiro atoms. The fourth-order valence-electron chi connectivity index (χ4n) is 1.48. The minimum Gasteiger partial charge on any atom is -0.480 e. The van der Waals surface area contributed by atoms with E-state index >= 15 is 0 Å². The zero-order chi connectivity index (χ0) is 14.4. The summed E-state index contributed by atoms with van der Waals surface area (Å²) in [5.74, 6) is -1.21. The molecule has 0 aliphatic heterocycles. The highest BCUT2D eigenvalue weighted by atomic mass is 35.5. The number of aliphatic hydroxyl groups is 1. The first-order valence-electron chi connectivity index (χ1n) is 5.62. The molecule has 19 heavy (non-hydrogen) atoms. The van der Waals surface area contributed by atoms with E-state index in [1.165, 1.54) is 0 Å². The molecule has 0 fully saturated rings. The Morgan fingerprint density at radius 3 is 2.63 bits per heavy atom. The van der Waals surface area contributed by atoms with Gasteiger partial charge < -0.3 is 20.8 Å². The van der Waals surface area contributed by atoms with Crippen molar-refractivity contribution in [3.63, 3.8) is 0 Å². The number of aliphatic hydroxyl groups excluding tert-OH is 1. The minimum absolute atomic E-state index is 0.0652. The molecule has 4 N–H and O–H groups in total. The van der Waals surface area contributed by atoms with Gasteiger partial charge in [-0.3, -0.25) is 0 Å². The number of hydrogen-bond donors (Lipinski definition) is 4. The van der Waals surface area contributed by atoms with E-state index in [2.05, 4.69) is 10.6 Å². The number of rotatable bonds is 5. The van der Waals surface area contributed by atoms with Gasteiger partial charge in [0.2, 0.25) is 0 Å². The van der Waals surface area contributed by atoms with Crippen LogP contribution in [0.3, 0.4) is 0 Å². The topological polar surface area (TPSA) is 98.7 Å². The number of para-hydroxylation sites is 1. The number of aliphatic carboxylic acids is 1. The SMILES string of the molecule is Cc1cccc(Cl)c1NC(=O)N[C@@H](CCO)C(=O)O. The fraction of sp³-hybridized carbons (Fsp3) is 0.333. The molecular formula is C12H15ClN2O4. The summed E-state index contributed by atoms with van der Waals surface area (Å²) in [5.41, 5.74) is 1.19. The summed E-state index contributed by atoms with van der Waals surface area (Å²) >= 11 is 5.94. The molecule has 0 aliphatic rings. The van der Waals surface area contributed by atoms with E-state index in [1.807, 2.05) is 0 Å². The van der Waals surface area contributed by atoms with E-state index in [9.17, 15) is 9.59 Å². The third-order valence-corrected chi connectivity index (χ3v) is 2.80. The van der Waals surface area contributed by atoms with Crippen molar-refractivity contribution in [3.05, 3.63) is 28.8 Å². The summed E-state index contributed by atoms with van der Waals surface area (Å²) in [6, 6.07) is 3.30. The molecular weight excluding hydrogens is 272 g/mol. The van der Waals surface area contributed by atoms with E-state index in [0.717, 1.165) is 5.56 Å². The normalized spacial score (nSPS) is 11.7. The predicted molar refractivity (Wildman–Crippen MR) is 71.5 cm³/mol. The number of carbonyl (C=O) groups is 2. The highest BCUT2D eigenvalue weighted by Crippen LogP contribution is 2.24. The first-order chi connectivity index (χ1) is 8.95. The summed E-state index contributed by atoms with van der Waals surface area (Å²) in [4.78, 5) is 22.5. The van der Waals surface area contributed by atoms with Crippen molar-refractivity contribution in [3.8, 4) is 0 Å². The maximum absolute atomic E-state index is 11.7. The van der Waals surface area contributed by atoms with Crippen LogP contribution in [0.25, 0.3) is 0 Å². The summed E-state index contributed by atoms with van der Waals surface area (Å²) in [6.45, 7) is 1.44. The van der Waals surface area contributed by atoms with Gasteiger partial charge in [0.15, 0.2) is 0 Å². The van der Waals surface area contributed by atoms with Crippen molar-refractivity contribution in [2.24, 2.45) is 0 Å². The molecule has 0 bridgehead atoms. The maximum Gasteiger partial charge on any atom is 0.326 e. The number of nitrogens with one attached hydrogen (secondary N) is 2. The van der Waals surface area contributed by atoms with Gasteiger partial charge in [0, 0.05) is 13.0 Å². The second-order valence-electron chi connectivity index (χ2n) is 3.93. The Hall–Kier alpha value is -1.79. The minimum atomic E-state index is -1.21. The first-order valence-corrected chi connectivity index (χ1v) is 5.99. The van der Waals surface area contributed by atoms with Crippen LogP contribution >= 0.6 is 11.6 Å². The molecule has 2 amide bonds. The molecule has 1 atom stereocenters. The molecule has 0 heterocycles. The van der Waals surface area contributed by atoms with E-state index in [0.29, 0.717) is 10.7 Å². The summed E-state index contributed by atoms with van der Waals surface area (Å²) in [7, 11) is 0. The van der Waals surface area contributed by atoms with Crippen molar-refractivity contribution in [2.45, 2.75) is 19.4 Å². The van der Waals surface area contributed by atoms with Crippen molar-refractivity contribution in [2.75, 3.05) is 11.9 Å². The largest absolute Gasteiger partial charge is 0.480 e. The summed E-state index contributed by atoms with van der Waals surface area (Å²) in [6.07, 6.45) is -0.0652. The number of amides is 2. The molecule has 0 unspecified atom stereocenters. The number of aryl methyl sites for hydroxylation is 1. The van der Waals surface area contributed by atoms with Crippen LogP contribution < -0.4 is 10.6 Å². The second kappa shape index (κ2) is 6.96. The Labute approximate surface area is 115 Å². The molecule has 1 rings (SSSR count). The molecule has 1 aromatic carbocycles. The van der Waals surface area contributed by atoms with E-state index < -0.39 is 18.0 Å². The van der Waals surface area contributed by atoms with Gasteiger partial charge in [-0.2, -0.15) is 0 Å². The van der Waals surface area contributed by atoms with Crippen molar-refractivity contribution < 1.29 is 19.8 Å². The molecule has 104 valence electrons. The first kappa shape index (κ1) is 15.3. The number of benzene rings is 1. The average Bonchev–Trinajstić information content (AvgIpc) is 2.33. The van der Waals surface area contributed by atoms with E-state index in [1.54, 1.807) is 25.1 Å². The van der Waals surface area contributed by atoms with Gasteiger partial charge in [0.1, 0.15) is 6.04 Å². The Balaban J connectivity index is 2.72. The monoisotopic (exact) mass is 286 g/mol. The van der Waals surface area contributed by atoms with Gasteiger partial charge >= 0.3 is 12.0 Å². The third-order valence-electron chi connectivity index (χ3n) is 2.48. The van der Waals surface area contributed by atoms with Crippen molar-refractivity contribution in [1.82, 2.24) is 5.32 Å². The predicted octanol–water partition coefficient (Wildman–Crippen LogP) is 1.61. The molecule has 0 radical (unpaired) electrons. The number of carboxylic acids is 1. The summed E-state index contributed by atoms with van der Waals surface area (Å²) in [5, 5.41) is 22.7. The number of anilines is 1. The number of halogens is 1. The van der Waals surface area contributed by atoms with Crippen LogP contribution in [0.5, 0.6) is 0 Å². The lowest BCUT2D eigenvalue weighted by atomic mass is 10.2. The summed E-state index contributed by atoms with van der Waals surface area (Å²) < 4.78 is 0. The second-order valence-corrected chi connectivity index (χ2v) is 4.34. The van der Waals surface area contributed by atoms with Crippen LogP contribution in [0.4, 0.5) is 10.5 Å². The van der Waals surface area contributed by atoms with Gasteiger partial charge in [-0.15, -0.1) is 0 Å². The van der Waals surface area contributed by atoms with Gasteiger partial charge in [-0.25, -0.2) is 9.59 Å². The quantitative estimate of drug-likeness (QED) is 0.661. The molecule has 7 heteroatoms. The Morgan fingerprint density at radius 2 is 2.11 bits per heavy atom. The van der Waals surface area contributed by atoms with E-state index in [-0.39, 0.29) is 13.0 Å². The van der Waals surface area contributed by atoms with Crippen LogP contribution in [0.1, 0.15) is 12.0 Å². The maximum atomic E-state index is 11.7. The lowest BCUT2D eigenvalue weighted by Crippen LogP contribution is -2.43. The van der Waals surface area contributed by atoms with E-state index in [4.69, 9.17) is 21.8 Å². The van der Waals surface area contributed by atoms with Crippen LogP contribution in [-0.4, -0.2) is 34.9 Å². The Kier molecular flexibility index (Phi) is 5.59. The number of carbonyl (C=O) groups excluding carboxylic acids is 1. The Bertz CT molecular complexity index is 459. The highest BCUT2D eigenvalue weighted by molar-refractivity contribution is 6.33. The highest BCUT2D eigenvalue weighted by Gasteiger charge is 2.19. The molecule has 1 aromatic rings. The van der Waals surface area contributed by atoms with Crippen LogP contribution in [0.15, 0.2) is 18.2 Å². The number of hydrogen-bond acceptors (Lipinski definition) is 3. The van der Waals surface area contributed by atoms with Crippen molar-refractivity contribution >= 4 is 29.3 Å². The van der Waals surface area contributed by atoms with Crippen LogP contribution in [0.2, 0.25) is 5.02 Å². The lowest BCUT2D eigenvalue weighted by Gasteiger charge is -2.15. The molecule has 0 saturated carbocycles. The van der Waals surface area contributed by atoms with Crippen LogP contribution in [-0.2, 0) is 4.79 Å². The standard InChI is InChI=1S/C12H15ClN2O4/c1-7-3-2-4-8(13)10(7)15-12(19)14-9(5-6-16)11(17)18/h2-4,9,16H,5-6H2,1H3,(H,17,18)(H2,14,15,19)/t9-/m0/s1. The fourth-order valence-corrected chi connectivity index (χ4v) is 1.75. The molecule has 0 aliphatic carbocycles. The zero-order valence-electron chi connectivity index (χ0n) is 10.3. The lowest BCUT2D eigenvalue weighted by molar-refractivity contribution is -0.139. The van der Waals surface area contributed by atoms with Gasteiger partial charge in [-0.1, -0.05) is 23.7 Å².